The molecule has 3 heteroatoms. The van der Waals surface area contributed by atoms with E-state index in [-0.39, 0.29) is 17.3 Å². The maximum absolute atomic E-state index is 11.2. The minimum absolute atomic E-state index is 0.248. The van der Waals surface area contributed by atoms with Crippen molar-refractivity contribution in [2.45, 2.75) is 0 Å². The number of ketones is 3. The number of hydrogen-bond acceptors (Lipinski definition) is 3. The van der Waals surface area contributed by atoms with Gasteiger partial charge in [0, 0.05) is 5.57 Å². The molecule has 1 unspecified atom stereocenters. The van der Waals surface area contributed by atoms with Crippen LogP contribution in [-0.4, -0.2) is 17.3 Å². The number of fused-ring (bicyclic) bond motifs is 1. The first kappa shape index (κ1) is 7.86. The molecule has 0 spiro atoms. The Bertz CT molecular complexity index is 396. The fourth-order valence-corrected chi connectivity index (χ4v) is 1.46. The Morgan fingerprint density at radius 2 is 1.62 bits per heavy atom. The number of rotatable bonds is 0. The van der Waals surface area contributed by atoms with E-state index in [0.717, 1.165) is 0 Å². The predicted octanol–water partition coefficient (Wildman–Crippen LogP) is 0.376. The van der Waals surface area contributed by atoms with Crippen molar-refractivity contribution in [1.82, 2.24) is 0 Å². The quantitative estimate of drug-likeness (QED) is 0.499. The summed E-state index contributed by atoms with van der Waals surface area (Å²) < 4.78 is 0. The van der Waals surface area contributed by atoms with Gasteiger partial charge in [0.1, 0.15) is 5.92 Å². The van der Waals surface area contributed by atoms with Crippen LogP contribution in [-0.2, 0) is 14.4 Å². The van der Waals surface area contributed by atoms with Crippen molar-refractivity contribution in [2.24, 2.45) is 5.92 Å². The molecule has 0 aromatic rings. The van der Waals surface area contributed by atoms with Crippen molar-refractivity contribution in [3.8, 4) is 0 Å². The number of allylic oxidation sites excluding steroid dienone is 6. The standard InChI is InChI=1S/C10H6O3/c11-7-4-5-9(13)10-6(7)2-1-3-8(10)12/h1-5,10H. The molecule has 64 valence electrons. The Kier molecular flexibility index (Phi) is 1.59. The summed E-state index contributed by atoms with van der Waals surface area (Å²) in [6, 6.07) is 0. The Labute approximate surface area is 74.4 Å². The van der Waals surface area contributed by atoms with Gasteiger partial charge in [0.15, 0.2) is 17.3 Å². The minimum atomic E-state index is -0.873. The summed E-state index contributed by atoms with van der Waals surface area (Å²) in [7, 11) is 0. The maximum Gasteiger partial charge on any atom is 0.183 e. The van der Waals surface area contributed by atoms with Crippen LogP contribution in [0.4, 0.5) is 0 Å². The summed E-state index contributed by atoms with van der Waals surface area (Å²) in [6.45, 7) is 0. The maximum atomic E-state index is 11.2. The van der Waals surface area contributed by atoms with Gasteiger partial charge in [0.2, 0.25) is 0 Å². The van der Waals surface area contributed by atoms with E-state index in [4.69, 9.17) is 0 Å². The van der Waals surface area contributed by atoms with Gasteiger partial charge < -0.3 is 0 Å². The van der Waals surface area contributed by atoms with Crippen LogP contribution in [0.25, 0.3) is 0 Å². The fourth-order valence-electron chi connectivity index (χ4n) is 1.46. The minimum Gasteiger partial charge on any atom is -0.294 e. The van der Waals surface area contributed by atoms with Crippen molar-refractivity contribution >= 4 is 17.3 Å². The van der Waals surface area contributed by atoms with Gasteiger partial charge in [-0.25, -0.2) is 0 Å². The molecule has 1 atom stereocenters. The van der Waals surface area contributed by atoms with Crippen molar-refractivity contribution in [2.75, 3.05) is 0 Å². The molecule has 0 aromatic carbocycles. The summed E-state index contributed by atoms with van der Waals surface area (Å²) >= 11 is 0. The summed E-state index contributed by atoms with van der Waals surface area (Å²) in [5, 5.41) is 0. The van der Waals surface area contributed by atoms with Gasteiger partial charge in [0.25, 0.3) is 0 Å². The van der Waals surface area contributed by atoms with Crippen LogP contribution in [0.15, 0.2) is 36.0 Å². The predicted molar refractivity (Wildman–Crippen MR) is 44.9 cm³/mol. The molecular formula is C10H6O3. The third-order valence-electron chi connectivity index (χ3n) is 2.10. The molecule has 0 N–H and O–H groups in total. The molecular weight excluding hydrogens is 168 g/mol. The molecule has 3 nitrogen and oxygen atoms in total. The van der Waals surface area contributed by atoms with E-state index in [9.17, 15) is 14.4 Å². The summed E-state index contributed by atoms with van der Waals surface area (Å²) in [5.74, 6) is -1.73. The van der Waals surface area contributed by atoms with Gasteiger partial charge in [-0.05, 0) is 18.2 Å². The summed E-state index contributed by atoms with van der Waals surface area (Å²) in [4.78, 5) is 33.7. The van der Waals surface area contributed by atoms with Crippen molar-refractivity contribution in [1.29, 1.82) is 0 Å². The van der Waals surface area contributed by atoms with Crippen LogP contribution in [0, 0.1) is 5.92 Å². The van der Waals surface area contributed by atoms with E-state index in [1.807, 2.05) is 0 Å². The van der Waals surface area contributed by atoms with Crippen LogP contribution in [0.5, 0.6) is 0 Å². The Morgan fingerprint density at radius 1 is 0.923 bits per heavy atom. The van der Waals surface area contributed by atoms with Gasteiger partial charge in [-0.3, -0.25) is 14.4 Å². The largest absolute Gasteiger partial charge is 0.294 e. The van der Waals surface area contributed by atoms with Gasteiger partial charge in [0.05, 0.1) is 0 Å². The topological polar surface area (TPSA) is 51.2 Å². The highest BCUT2D eigenvalue weighted by Gasteiger charge is 2.34. The highest BCUT2D eigenvalue weighted by Crippen LogP contribution is 2.23. The van der Waals surface area contributed by atoms with Crippen LogP contribution in [0.2, 0.25) is 0 Å². The summed E-state index contributed by atoms with van der Waals surface area (Å²) in [6.07, 6.45) is 6.71. The van der Waals surface area contributed by atoms with Crippen molar-refractivity contribution in [3.05, 3.63) is 36.0 Å². The molecule has 0 saturated heterocycles. The zero-order valence-corrected chi connectivity index (χ0v) is 6.69. The zero-order valence-electron chi connectivity index (χ0n) is 6.69. The number of hydrogen-bond donors (Lipinski definition) is 0. The van der Waals surface area contributed by atoms with E-state index in [1.54, 1.807) is 0 Å². The van der Waals surface area contributed by atoms with Gasteiger partial charge >= 0.3 is 0 Å². The van der Waals surface area contributed by atoms with Crippen molar-refractivity contribution in [3.63, 3.8) is 0 Å². The molecule has 0 amide bonds. The van der Waals surface area contributed by atoms with Crippen LogP contribution >= 0.6 is 0 Å². The Hall–Kier alpha value is -1.77. The molecule has 2 aliphatic carbocycles. The Balaban J connectivity index is 2.55. The van der Waals surface area contributed by atoms with Crippen LogP contribution in [0.1, 0.15) is 0 Å². The third kappa shape index (κ3) is 1.09. The van der Waals surface area contributed by atoms with Crippen LogP contribution in [0.3, 0.4) is 0 Å². The lowest BCUT2D eigenvalue weighted by molar-refractivity contribution is -0.128. The number of carbonyl (C=O) groups excluding carboxylic acids is 3. The molecule has 0 bridgehead atoms. The first-order valence-electron chi connectivity index (χ1n) is 3.88. The average Bonchev–Trinajstić information content (AvgIpc) is 2.12. The normalized spacial score (nSPS) is 26.0. The summed E-state index contributed by atoms with van der Waals surface area (Å²) in [5.41, 5.74) is 0.292. The molecule has 0 radical (unpaired) electrons. The SMILES string of the molecule is O=C1C=CC(=O)C2C(=O)C=CC=C12. The first-order chi connectivity index (χ1) is 6.20. The van der Waals surface area contributed by atoms with Crippen molar-refractivity contribution < 1.29 is 14.4 Å². The lowest BCUT2D eigenvalue weighted by Crippen LogP contribution is -2.31. The van der Waals surface area contributed by atoms with Crippen LogP contribution < -0.4 is 0 Å². The van der Waals surface area contributed by atoms with E-state index in [0.29, 0.717) is 5.57 Å². The third-order valence-corrected chi connectivity index (χ3v) is 2.10. The Morgan fingerprint density at radius 3 is 2.31 bits per heavy atom. The monoisotopic (exact) mass is 174 g/mol. The second-order valence-corrected chi connectivity index (χ2v) is 2.92. The van der Waals surface area contributed by atoms with E-state index in [1.165, 1.54) is 30.4 Å². The second-order valence-electron chi connectivity index (χ2n) is 2.92. The molecule has 2 aliphatic rings. The smallest absolute Gasteiger partial charge is 0.183 e. The lowest BCUT2D eigenvalue weighted by Gasteiger charge is -2.18. The highest BCUT2D eigenvalue weighted by molar-refractivity contribution is 6.26. The molecule has 0 fully saturated rings. The molecule has 0 aliphatic heterocycles. The molecule has 13 heavy (non-hydrogen) atoms. The second kappa shape index (κ2) is 2.62. The first-order valence-corrected chi connectivity index (χ1v) is 3.88. The number of carbonyl (C=O) groups is 3. The molecule has 0 saturated carbocycles. The molecule has 0 aromatic heterocycles. The fraction of sp³-hybridized carbons (Fsp3) is 0.100. The molecule has 2 rings (SSSR count). The molecule has 0 heterocycles. The van der Waals surface area contributed by atoms with Gasteiger partial charge in [-0.2, -0.15) is 0 Å². The van der Waals surface area contributed by atoms with Gasteiger partial charge in [-0.1, -0.05) is 12.2 Å². The van der Waals surface area contributed by atoms with E-state index >= 15 is 0 Å². The lowest BCUT2D eigenvalue weighted by atomic mass is 9.81. The highest BCUT2D eigenvalue weighted by atomic mass is 16.2. The zero-order chi connectivity index (χ0) is 9.42. The van der Waals surface area contributed by atoms with Gasteiger partial charge in [-0.15, -0.1) is 0 Å². The average molecular weight is 174 g/mol. The van der Waals surface area contributed by atoms with E-state index in [2.05, 4.69) is 0 Å². The van der Waals surface area contributed by atoms with E-state index < -0.39 is 5.92 Å².